The lowest BCUT2D eigenvalue weighted by Crippen LogP contribution is -2.75. The van der Waals surface area contributed by atoms with E-state index in [9.17, 15) is 18.8 Å². The molecule has 0 aliphatic carbocycles. The zero-order valence-electron chi connectivity index (χ0n) is 20.1. The lowest BCUT2D eigenvalue weighted by molar-refractivity contribution is -0.186. The predicted octanol–water partition coefficient (Wildman–Crippen LogP) is 3.65. The quantitative estimate of drug-likeness (QED) is 0.366. The van der Waals surface area contributed by atoms with E-state index in [-0.39, 0.29) is 43.3 Å². The number of hydrogen-bond acceptors (Lipinski definition) is 4. The number of carbonyl (C=O) groups excluding carboxylic acids is 3. The molecule has 192 valence electrons. The van der Waals surface area contributed by atoms with Gasteiger partial charge in [-0.05, 0) is 41.3 Å². The summed E-state index contributed by atoms with van der Waals surface area (Å²) in [5, 5.41) is 5.97. The molecule has 0 bridgehead atoms. The Labute approximate surface area is 237 Å². The maximum atomic E-state index is 13.3. The van der Waals surface area contributed by atoms with Gasteiger partial charge in [-0.3, -0.25) is 9.59 Å². The van der Waals surface area contributed by atoms with Crippen LogP contribution in [0.2, 0.25) is 0 Å². The molecule has 0 aromatic heterocycles. The standard InChI is InChI=1S/C25H28FI2N5O3/c1-16-24(35)31(13-19-6-3-18(10-27)9-20(19)11-28)14-22-32(16)23(34)15-30(2)33(22)25(36)29-12-17-4-7-21(26)8-5-17/h3-9,16,22H,10-15H2,1-2H3,(H,29,36)/t16-,22-/m0/s1. The summed E-state index contributed by atoms with van der Waals surface area (Å²) in [6.07, 6.45) is -0.631. The van der Waals surface area contributed by atoms with Crippen molar-refractivity contribution in [3.05, 3.63) is 70.5 Å². The van der Waals surface area contributed by atoms with Crippen LogP contribution >= 0.6 is 45.2 Å². The van der Waals surface area contributed by atoms with Crippen molar-refractivity contribution in [1.29, 1.82) is 0 Å². The second-order valence-corrected chi connectivity index (χ2v) is 10.5. The molecule has 2 aromatic carbocycles. The number of likely N-dealkylation sites (N-methyl/N-ethyl adjacent to an activating group) is 1. The fourth-order valence-corrected chi connectivity index (χ4v) is 5.90. The summed E-state index contributed by atoms with van der Waals surface area (Å²) in [5.41, 5.74) is 4.24. The molecule has 0 radical (unpaired) electrons. The van der Waals surface area contributed by atoms with E-state index in [1.807, 2.05) is 0 Å². The zero-order chi connectivity index (χ0) is 26.0. The molecule has 4 rings (SSSR count). The maximum absolute atomic E-state index is 13.3. The summed E-state index contributed by atoms with van der Waals surface area (Å²) in [4.78, 5) is 42.8. The number of hydrogen-bond donors (Lipinski definition) is 1. The molecular formula is C25H28FI2N5O3. The van der Waals surface area contributed by atoms with Crippen LogP contribution in [0.1, 0.15) is 29.2 Å². The van der Waals surface area contributed by atoms with Crippen molar-refractivity contribution >= 4 is 63.0 Å². The molecule has 1 N–H and O–H groups in total. The highest BCUT2D eigenvalue weighted by Gasteiger charge is 2.49. The molecule has 2 aliphatic heterocycles. The van der Waals surface area contributed by atoms with Crippen LogP contribution in [0.4, 0.5) is 9.18 Å². The summed E-state index contributed by atoms with van der Waals surface area (Å²) in [6, 6.07) is 11.2. The van der Waals surface area contributed by atoms with Gasteiger partial charge in [0.1, 0.15) is 18.0 Å². The van der Waals surface area contributed by atoms with Crippen LogP contribution in [0.3, 0.4) is 0 Å². The number of amides is 4. The Morgan fingerprint density at radius 1 is 1.06 bits per heavy atom. The molecule has 11 heteroatoms. The van der Waals surface area contributed by atoms with Gasteiger partial charge in [-0.15, -0.1) is 0 Å². The second-order valence-electron chi connectivity index (χ2n) is 8.99. The lowest BCUT2D eigenvalue weighted by Gasteiger charge is -2.53. The third kappa shape index (κ3) is 5.62. The highest BCUT2D eigenvalue weighted by atomic mass is 127. The molecule has 2 fully saturated rings. The fraction of sp³-hybridized carbons (Fsp3) is 0.400. The normalized spacial score (nSPS) is 20.5. The van der Waals surface area contributed by atoms with Gasteiger partial charge in [-0.1, -0.05) is 75.5 Å². The third-order valence-electron chi connectivity index (χ3n) is 6.59. The number of benzene rings is 2. The van der Waals surface area contributed by atoms with Gasteiger partial charge in [0.2, 0.25) is 11.8 Å². The number of nitrogens with zero attached hydrogens (tertiary/aromatic N) is 4. The molecule has 0 spiro atoms. The Balaban J connectivity index is 1.56. The highest BCUT2D eigenvalue weighted by Crippen LogP contribution is 2.28. The Hall–Kier alpha value is -2.00. The first-order valence-electron chi connectivity index (χ1n) is 11.6. The number of rotatable bonds is 6. The van der Waals surface area contributed by atoms with E-state index in [0.29, 0.717) is 6.54 Å². The number of hydrazine groups is 1. The molecule has 2 atom stereocenters. The Bertz CT molecular complexity index is 1150. The Kier molecular flexibility index (Phi) is 8.71. The number of halogens is 3. The Morgan fingerprint density at radius 3 is 2.42 bits per heavy atom. The maximum Gasteiger partial charge on any atom is 0.334 e. The van der Waals surface area contributed by atoms with Gasteiger partial charge < -0.3 is 15.1 Å². The van der Waals surface area contributed by atoms with E-state index in [1.165, 1.54) is 33.2 Å². The van der Waals surface area contributed by atoms with Gasteiger partial charge in [-0.2, -0.15) is 0 Å². The van der Waals surface area contributed by atoms with Crippen LogP contribution in [0, 0.1) is 5.82 Å². The summed E-state index contributed by atoms with van der Waals surface area (Å²) in [5.74, 6) is -0.663. The van der Waals surface area contributed by atoms with Gasteiger partial charge in [0.05, 0.1) is 13.1 Å². The largest absolute Gasteiger partial charge is 0.334 e. The van der Waals surface area contributed by atoms with Crippen molar-refractivity contribution in [2.75, 3.05) is 20.1 Å². The minimum Gasteiger partial charge on any atom is -0.333 e. The minimum absolute atomic E-state index is 0.00512. The molecule has 36 heavy (non-hydrogen) atoms. The van der Waals surface area contributed by atoms with Gasteiger partial charge >= 0.3 is 6.03 Å². The van der Waals surface area contributed by atoms with E-state index in [0.717, 1.165) is 20.0 Å². The van der Waals surface area contributed by atoms with Gasteiger partial charge in [0, 0.05) is 29.0 Å². The first-order chi connectivity index (χ1) is 17.2. The van der Waals surface area contributed by atoms with Crippen molar-refractivity contribution in [3.63, 3.8) is 0 Å². The van der Waals surface area contributed by atoms with E-state index < -0.39 is 12.2 Å². The number of nitrogens with one attached hydrogen (secondary N) is 1. The number of fused-ring (bicyclic) bond motifs is 1. The average molecular weight is 719 g/mol. The van der Waals surface area contributed by atoms with Crippen LogP contribution in [0.15, 0.2) is 42.5 Å². The molecule has 0 saturated carbocycles. The topological polar surface area (TPSA) is 76.2 Å². The summed E-state index contributed by atoms with van der Waals surface area (Å²) in [7, 11) is 1.69. The fourth-order valence-electron chi connectivity index (χ4n) is 4.72. The average Bonchev–Trinajstić information content (AvgIpc) is 2.86. The van der Waals surface area contributed by atoms with Crippen molar-refractivity contribution in [1.82, 2.24) is 25.1 Å². The third-order valence-corrected chi connectivity index (χ3v) is 8.29. The van der Waals surface area contributed by atoms with E-state index in [1.54, 1.807) is 36.0 Å². The van der Waals surface area contributed by atoms with Crippen molar-refractivity contribution in [2.24, 2.45) is 0 Å². The lowest BCUT2D eigenvalue weighted by atomic mass is 10.0. The van der Waals surface area contributed by atoms with Crippen molar-refractivity contribution < 1.29 is 18.8 Å². The van der Waals surface area contributed by atoms with Crippen molar-refractivity contribution in [3.8, 4) is 0 Å². The highest BCUT2D eigenvalue weighted by molar-refractivity contribution is 14.1. The van der Waals surface area contributed by atoms with Crippen LogP contribution in [0.25, 0.3) is 0 Å². The van der Waals surface area contributed by atoms with Crippen LogP contribution in [0.5, 0.6) is 0 Å². The number of alkyl halides is 2. The predicted molar refractivity (Wildman–Crippen MR) is 151 cm³/mol. The van der Waals surface area contributed by atoms with Gasteiger partial charge in [0.25, 0.3) is 0 Å². The van der Waals surface area contributed by atoms with Crippen LogP contribution < -0.4 is 5.32 Å². The van der Waals surface area contributed by atoms with Crippen LogP contribution in [-0.2, 0) is 31.5 Å². The number of urea groups is 1. The molecule has 4 amide bonds. The second kappa shape index (κ2) is 11.6. The van der Waals surface area contributed by atoms with Gasteiger partial charge in [0.15, 0.2) is 0 Å². The summed E-state index contributed by atoms with van der Waals surface area (Å²) >= 11 is 4.67. The molecule has 2 aliphatic rings. The molecular weight excluding hydrogens is 691 g/mol. The smallest absolute Gasteiger partial charge is 0.333 e. The molecule has 2 aromatic rings. The summed E-state index contributed by atoms with van der Waals surface area (Å²) < 4.78 is 15.0. The Morgan fingerprint density at radius 2 is 1.75 bits per heavy atom. The van der Waals surface area contributed by atoms with E-state index in [4.69, 9.17) is 0 Å². The number of carbonyl (C=O) groups is 3. The van der Waals surface area contributed by atoms with Crippen molar-refractivity contribution in [2.45, 2.75) is 41.1 Å². The van der Waals surface area contributed by atoms with E-state index in [2.05, 4.69) is 68.7 Å². The van der Waals surface area contributed by atoms with Crippen LogP contribution in [-0.4, -0.2) is 70.0 Å². The minimum atomic E-state index is -0.686. The molecule has 0 unspecified atom stereocenters. The zero-order valence-corrected chi connectivity index (χ0v) is 24.4. The molecule has 8 nitrogen and oxygen atoms in total. The first kappa shape index (κ1) is 27.0. The number of piperazine rings is 1. The van der Waals surface area contributed by atoms with E-state index >= 15 is 0 Å². The molecule has 2 heterocycles. The van der Waals surface area contributed by atoms with Gasteiger partial charge in [-0.25, -0.2) is 19.2 Å². The first-order valence-corrected chi connectivity index (χ1v) is 14.6. The SMILES string of the molecule is C[C@H]1C(=O)N(Cc2ccc(CI)cc2CI)C[C@H]2N1C(=O)CN(C)N2C(=O)NCc1ccc(F)cc1. The molecule has 2 saturated heterocycles. The summed E-state index contributed by atoms with van der Waals surface area (Å²) in [6.45, 7) is 2.55. The monoisotopic (exact) mass is 719 g/mol.